The van der Waals surface area contributed by atoms with E-state index in [4.69, 9.17) is 5.73 Å². The first kappa shape index (κ1) is 14.4. The first-order chi connectivity index (χ1) is 7.15. The zero-order valence-electron chi connectivity index (χ0n) is 10.4. The number of amides is 1. The fourth-order valence-electron chi connectivity index (χ4n) is 1.61. The van der Waals surface area contributed by atoms with Crippen molar-refractivity contribution in [1.82, 2.24) is 5.32 Å². The minimum absolute atomic E-state index is 0.199. The molecule has 90 valence electrons. The SMILES string of the molecule is CCCC(CCC)C(=O)NCC(C)CN. The Balaban J connectivity index is 3.90. The molecule has 0 aromatic rings. The maximum atomic E-state index is 11.8. The smallest absolute Gasteiger partial charge is 0.223 e. The normalized spacial score (nSPS) is 12.9. The predicted molar refractivity (Wildman–Crippen MR) is 64.5 cm³/mol. The van der Waals surface area contributed by atoms with Gasteiger partial charge in [-0.05, 0) is 25.3 Å². The Labute approximate surface area is 93.8 Å². The molecular formula is C12H26N2O. The highest BCUT2D eigenvalue weighted by Gasteiger charge is 2.16. The van der Waals surface area contributed by atoms with Crippen LogP contribution < -0.4 is 11.1 Å². The van der Waals surface area contributed by atoms with Crippen LogP contribution in [0.4, 0.5) is 0 Å². The highest BCUT2D eigenvalue weighted by Crippen LogP contribution is 2.13. The van der Waals surface area contributed by atoms with Gasteiger partial charge in [-0.1, -0.05) is 33.6 Å². The number of hydrogen-bond donors (Lipinski definition) is 2. The highest BCUT2D eigenvalue weighted by atomic mass is 16.1. The van der Waals surface area contributed by atoms with Gasteiger partial charge >= 0.3 is 0 Å². The molecule has 0 aromatic heterocycles. The minimum atomic E-state index is 0.199. The second-order valence-corrected chi connectivity index (χ2v) is 4.36. The standard InChI is InChI=1S/C12H26N2O/c1-4-6-11(7-5-2)12(15)14-9-10(3)8-13/h10-11H,4-9,13H2,1-3H3,(H,14,15). The van der Waals surface area contributed by atoms with E-state index in [1.54, 1.807) is 0 Å². The number of hydrogen-bond acceptors (Lipinski definition) is 2. The number of carbonyl (C=O) groups is 1. The number of rotatable bonds is 8. The summed E-state index contributed by atoms with van der Waals surface area (Å²) in [5.74, 6) is 0.779. The van der Waals surface area contributed by atoms with Gasteiger partial charge in [0.1, 0.15) is 0 Å². The van der Waals surface area contributed by atoms with Gasteiger partial charge in [0.2, 0.25) is 5.91 Å². The quantitative estimate of drug-likeness (QED) is 0.648. The molecule has 0 radical (unpaired) electrons. The second-order valence-electron chi connectivity index (χ2n) is 4.36. The molecule has 0 aliphatic rings. The molecule has 0 spiro atoms. The van der Waals surface area contributed by atoms with Crippen molar-refractivity contribution in [3.05, 3.63) is 0 Å². The van der Waals surface area contributed by atoms with Gasteiger partial charge in [0, 0.05) is 12.5 Å². The molecular weight excluding hydrogens is 188 g/mol. The average molecular weight is 214 g/mol. The molecule has 3 nitrogen and oxygen atoms in total. The zero-order chi connectivity index (χ0) is 11.7. The Morgan fingerprint density at radius 1 is 1.27 bits per heavy atom. The van der Waals surface area contributed by atoms with E-state index < -0.39 is 0 Å². The van der Waals surface area contributed by atoms with E-state index in [9.17, 15) is 4.79 Å². The average Bonchev–Trinajstić information content (AvgIpc) is 2.25. The second kappa shape index (κ2) is 8.72. The van der Waals surface area contributed by atoms with Crippen LogP contribution in [0.25, 0.3) is 0 Å². The molecule has 0 rings (SSSR count). The molecule has 0 fully saturated rings. The third-order valence-electron chi connectivity index (χ3n) is 2.67. The van der Waals surface area contributed by atoms with Crippen molar-refractivity contribution in [2.75, 3.05) is 13.1 Å². The van der Waals surface area contributed by atoms with Gasteiger partial charge in [0.05, 0.1) is 0 Å². The van der Waals surface area contributed by atoms with E-state index in [1.165, 1.54) is 0 Å². The zero-order valence-corrected chi connectivity index (χ0v) is 10.4. The fourth-order valence-corrected chi connectivity index (χ4v) is 1.61. The largest absolute Gasteiger partial charge is 0.356 e. The van der Waals surface area contributed by atoms with Gasteiger partial charge in [-0.15, -0.1) is 0 Å². The Kier molecular flexibility index (Phi) is 8.38. The van der Waals surface area contributed by atoms with Gasteiger partial charge in [0.15, 0.2) is 0 Å². The van der Waals surface area contributed by atoms with E-state index in [0.717, 1.165) is 25.7 Å². The Bertz CT molecular complexity index is 165. The lowest BCUT2D eigenvalue weighted by molar-refractivity contribution is -0.125. The lowest BCUT2D eigenvalue weighted by atomic mass is 9.97. The molecule has 0 aromatic carbocycles. The summed E-state index contributed by atoms with van der Waals surface area (Å²) >= 11 is 0. The van der Waals surface area contributed by atoms with Crippen LogP contribution in [0.15, 0.2) is 0 Å². The van der Waals surface area contributed by atoms with Crippen LogP contribution in [0.1, 0.15) is 46.5 Å². The lowest BCUT2D eigenvalue weighted by Crippen LogP contribution is -2.35. The molecule has 15 heavy (non-hydrogen) atoms. The monoisotopic (exact) mass is 214 g/mol. The first-order valence-corrected chi connectivity index (χ1v) is 6.13. The third kappa shape index (κ3) is 6.50. The number of nitrogens with two attached hydrogens (primary N) is 1. The van der Waals surface area contributed by atoms with E-state index in [2.05, 4.69) is 26.1 Å². The molecule has 1 amide bonds. The molecule has 0 heterocycles. The van der Waals surface area contributed by atoms with Crippen molar-refractivity contribution < 1.29 is 4.79 Å². The maximum Gasteiger partial charge on any atom is 0.223 e. The van der Waals surface area contributed by atoms with Gasteiger partial charge in [-0.25, -0.2) is 0 Å². The van der Waals surface area contributed by atoms with Gasteiger partial charge in [-0.3, -0.25) is 4.79 Å². The van der Waals surface area contributed by atoms with Crippen LogP contribution in [0.2, 0.25) is 0 Å². The predicted octanol–water partition coefficient (Wildman–Crippen LogP) is 1.91. The van der Waals surface area contributed by atoms with Crippen molar-refractivity contribution in [2.24, 2.45) is 17.6 Å². The van der Waals surface area contributed by atoms with Gasteiger partial charge in [0.25, 0.3) is 0 Å². The Hall–Kier alpha value is -0.570. The summed E-state index contributed by atoms with van der Waals surface area (Å²) in [4.78, 5) is 11.8. The summed E-state index contributed by atoms with van der Waals surface area (Å²) in [6.07, 6.45) is 4.14. The molecule has 0 aliphatic carbocycles. The van der Waals surface area contributed by atoms with E-state index in [1.807, 2.05) is 0 Å². The van der Waals surface area contributed by atoms with Crippen molar-refractivity contribution in [1.29, 1.82) is 0 Å². The third-order valence-corrected chi connectivity index (χ3v) is 2.67. The van der Waals surface area contributed by atoms with E-state index in [0.29, 0.717) is 19.0 Å². The minimum Gasteiger partial charge on any atom is -0.356 e. The summed E-state index contributed by atoms with van der Waals surface area (Å²) in [7, 11) is 0. The number of carbonyl (C=O) groups excluding carboxylic acids is 1. The molecule has 0 aliphatic heterocycles. The molecule has 1 atom stereocenters. The molecule has 1 unspecified atom stereocenters. The molecule has 0 saturated carbocycles. The number of nitrogens with one attached hydrogen (secondary N) is 1. The summed E-state index contributed by atoms with van der Waals surface area (Å²) in [5, 5.41) is 2.98. The van der Waals surface area contributed by atoms with Crippen LogP contribution in [0, 0.1) is 11.8 Å². The Morgan fingerprint density at radius 3 is 2.20 bits per heavy atom. The van der Waals surface area contributed by atoms with Crippen LogP contribution >= 0.6 is 0 Å². The summed E-state index contributed by atoms with van der Waals surface area (Å²) in [6.45, 7) is 7.64. The van der Waals surface area contributed by atoms with Crippen molar-refractivity contribution in [3.63, 3.8) is 0 Å². The van der Waals surface area contributed by atoms with Gasteiger partial charge in [-0.2, -0.15) is 0 Å². The van der Waals surface area contributed by atoms with Crippen LogP contribution in [-0.4, -0.2) is 19.0 Å². The highest BCUT2D eigenvalue weighted by molar-refractivity contribution is 5.78. The van der Waals surface area contributed by atoms with Gasteiger partial charge < -0.3 is 11.1 Å². The fraction of sp³-hybridized carbons (Fsp3) is 0.917. The lowest BCUT2D eigenvalue weighted by Gasteiger charge is -2.17. The maximum absolute atomic E-state index is 11.8. The van der Waals surface area contributed by atoms with Crippen molar-refractivity contribution in [3.8, 4) is 0 Å². The molecule has 3 N–H and O–H groups in total. The summed E-state index contributed by atoms with van der Waals surface area (Å²) in [6, 6.07) is 0. The van der Waals surface area contributed by atoms with E-state index >= 15 is 0 Å². The topological polar surface area (TPSA) is 55.1 Å². The van der Waals surface area contributed by atoms with Crippen LogP contribution in [0.3, 0.4) is 0 Å². The summed E-state index contributed by atoms with van der Waals surface area (Å²) < 4.78 is 0. The molecule has 0 saturated heterocycles. The van der Waals surface area contributed by atoms with Crippen molar-refractivity contribution >= 4 is 5.91 Å². The van der Waals surface area contributed by atoms with E-state index in [-0.39, 0.29) is 11.8 Å². The molecule has 0 bridgehead atoms. The van der Waals surface area contributed by atoms with Crippen LogP contribution in [0.5, 0.6) is 0 Å². The Morgan fingerprint density at radius 2 is 1.80 bits per heavy atom. The molecule has 3 heteroatoms. The van der Waals surface area contributed by atoms with Crippen molar-refractivity contribution in [2.45, 2.75) is 46.5 Å². The first-order valence-electron chi connectivity index (χ1n) is 6.13. The summed E-state index contributed by atoms with van der Waals surface area (Å²) in [5.41, 5.74) is 5.50. The van der Waals surface area contributed by atoms with Crippen LogP contribution in [-0.2, 0) is 4.79 Å².